The third-order valence-corrected chi connectivity index (χ3v) is 5.84. The molecule has 2 fully saturated rings. The minimum atomic E-state index is -0.110. The van der Waals surface area contributed by atoms with E-state index in [9.17, 15) is 5.11 Å². The number of anilines is 1. The third-order valence-electron chi connectivity index (χ3n) is 5.84. The highest BCUT2D eigenvalue weighted by Gasteiger charge is 2.49. The molecule has 2 atom stereocenters. The van der Waals surface area contributed by atoms with Gasteiger partial charge in [-0.05, 0) is 37.8 Å². The van der Waals surface area contributed by atoms with Crippen LogP contribution in [0.4, 0.5) is 5.69 Å². The van der Waals surface area contributed by atoms with Crippen LogP contribution in [0.15, 0.2) is 24.3 Å². The Kier molecular flexibility index (Phi) is 5.48. The van der Waals surface area contributed by atoms with Gasteiger partial charge >= 0.3 is 0 Å². The van der Waals surface area contributed by atoms with Crippen LogP contribution in [0, 0.1) is 5.41 Å². The number of rotatable bonds is 6. The predicted octanol–water partition coefficient (Wildman–Crippen LogP) is 3.26. The summed E-state index contributed by atoms with van der Waals surface area (Å²) in [6.07, 6.45) is 3.10. The standard InChI is InChI=1S/C20H32N2O2/c1-4-24-19-13-18(20(19,2)3)21-17-8-6-5-7-15(17)14-22-11-9-16(23)10-12-22/h5-8,16,18-19,21,23H,4,9-14H2,1-3H3. The highest BCUT2D eigenvalue weighted by atomic mass is 16.5. The van der Waals surface area contributed by atoms with Gasteiger partial charge in [0, 0.05) is 43.4 Å². The van der Waals surface area contributed by atoms with Gasteiger partial charge in [-0.25, -0.2) is 0 Å². The van der Waals surface area contributed by atoms with Crippen molar-refractivity contribution in [1.29, 1.82) is 0 Å². The molecule has 0 radical (unpaired) electrons. The molecule has 134 valence electrons. The number of nitrogens with zero attached hydrogens (tertiary/aromatic N) is 1. The molecule has 0 amide bonds. The first-order chi connectivity index (χ1) is 11.5. The Bertz CT molecular complexity index is 538. The second-order valence-corrected chi connectivity index (χ2v) is 7.86. The largest absolute Gasteiger partial charge is 0.393 e. The van der Waals surface area contributed by atoms with Crippen LogP contribution in [0.2, 0.25) is 0 Å². The monoisotopic (exact) mass is 332 g/mol. The highest BCUT2D eigenvalue weighted by molar-refractivity contribution is 5.52. The minimum absolute atomic E-state index is 0.110. The topological polar surface area (TPSA) is 44.7 Å². The van der Waals surface area contributed by atoms with E-state index < -0.39 is 0 Å². The van der Waals surface area contributed by atoms with Crippen LogP contribution in [0.3, 0.4) is 0 Å². The molecule has 1 aromatic rings. The first kappa shape index (κ1) is 17.7. The molecule has 0 spiro atoms. The van der Waals surface area contributed by atoms with Gasteiger partial charge in [0.15, 0.2) is 0 Å². The van der Waals surface area contributed by atoms with E-state index in [1.165, 1.54) is 11.3 Å². The number of piperidine rings is 1. The molecule has 0 bridgehead atoms. The van der Waals surface area contributed by atoms with Gasteiger partial charge in [0.2, 0.25) is 0 Å². The van der Waals surface area contributed by atoms with Crippen molar-refractivity contribution in [2.75, 3.05) is 25.0 Å². The summed E-state index contributed by atoms with van der Waals surface area (Å²) in [6.45, 7) is 10.4. The van der Waals surface area contributed by atoms with Gasteiger partial charge in [-0.1, -0.05) is 32.0 Å². The fourth-order valence-corrected chi connectivity index (χ4v) is 3.92. The SMILES string of the molecule is CCOC1CC(Nc2ccccc2CN2CCC(O)CC2)C1(C)C. The van der Waals surface area contributed by atoms with Gasteiger partial charge in [-0.3, -0.25) is 4.90 Å². The Labute approximate surface area is 146 Å². The molecule has 2 unspecified atom stereocenters. The molecule has 24 heavy (non-hydrogen) atoms. The lowest BCUT2D eigenvalue weighted by molar-refractivity contribution is -0.0976. The fraction of sp³-hybridized carbons (Fsp3) is 0.700. The maximum Gasteiger partial charge on any atom is 0.0665 e. The van der Waals surface area contributed by atoms with Gasteiger partial charge in [0.05, 0.1) is 12.2 Å². The van der Waals surface area contributed by atoms with E-state index in [0.29, 0.717) is 12.1 Å². The summed E-state index contributed by atoms with van der Waals surface area (Å²) in [6, 6.07) is 9.10. The third kappa shape index (κ3) is 3.76. The first-order valence-electron chi connectivity index (χ1n) is 9.37. The van der Waals surface area contributed by atoms with Crippen LogP contribution in [0.1, 0.15) is 45.6 Å². The lowest BCUT2D eigenvalue weighted by Crippen LogP contribution is -2.58. The smallest absolute Gasteiger partial charge is 0.0665 e. The van der Waals surface area contributed by atoms with Gasteiger partial charge in [0.25, 0.3) is 0 Å². The number of hydrogen-bond donors (Lipinski definition) is 2. The van der Waals surface area contributed by atoms with Crippen molar-refractivity contribution < 1.29 is 9.84 Å². The zero-order valence-corrected chi connectivity index (χ0v) is 15.3. The Morgan fingerprint density at radius 1 is 1.25 bits per heavy atom. The number of para-hydroxylation sites is 1. The molecule has 3 rings (SSSR count). The van der Waals surface area contributed by atoms with Crippen molar-refractivity contribution in [1.82, 2.24) is 4.90 Å². The van der Waals surface area contributed by atoms with E-state index >= 15 is 0 Å². The van der Waals surface area contributed by atoms with Crippen molar-refractivity contribution >= 4 is 5.69 Å². The molecule has 2 N–H and O–H groups in total. The lowest BCUT2D eigenvalue weighted by atomic mass is 9.64. The van der Waals surface area contributed by atoms with Crippen LogP contribution in [0.25, 0.3) is 0 Å². The molecule has 1 aliphatic carbocycles. The van der Waals surface area contributed by atoms with E-state index in [0.717, 1.165) is 45.5 Å². The van der Waals surface area contributed by atoms with E-state index in [-0.39, 0.29) is 11.5 Å². The molecular weight excluding hydrogens is 300 g/mol. The van der Waals surface area contributed by atoms with E-state index in [1.54, 1.807) is 0 Å². The second-order valence-electron chi connectivity index (χ2n) is 7.86. The molecule has 1 saturated heterocycles. The summed E-state index contributed by atoms with van der Waals surface area (Å²) < 4.78 is 5.85. The van der Waals surface area contributed by atoms with Crippen molar-refractivity contribution in [3.05, 3.63) is 29.8 Å². The number of benzene rings is 1. The molecule has 2 aliphatic rings. The van der Waals surface area contributed by atoms with Crippen LogP contribution < -0.4 is 5.32 Å². The molecule has 4 heteroatoms. The van der Waals surface area contributed by atoms with Gasteiger partial charge in [0.1, 0.15) is 0 Å². The van der Waals surface area contributed by atoms with Crippen molar-refractivity contribution in [2.24, 2.45) is 5.41 Å². The van der Waals surface area contributed by atoms with Crippen molar-refractivity contribution in [2.45, 2.75) is 64.8 Å². The number of nitrogens with one attached hydrogen (secondary N) is 1. The first-order valence-corrected chi connectivity index (χ1v) is 9.37. The van der Waals surface area contributed by atoms with Crippen LogP contribution in [0.5, 0.6) is 0 Å². The van der Waals surface area contributed by atoms with Crippen LogP contribution in [-0.4, -0.2) is 48.0 Å². The number of aliphatic hydroxyl groups is 1. The minimum Gasteiger partial charge on any atom is -0.393 e. The normalized spacial score (nSPS) is 27.7. The fourth-order valence-electron chi connectivity index (χ4n) is 3.92. The second kappa shape index (κ2) is 7.42. The van der Waals surface area contributed by atoms with Gasteiger partial charge < -0.3 is 15.2 Å². The molecular formula is C20H32N2O2. The quantitative estimate of drug-likeness (QED) is 0.839. The Morgan fingerprint density at radius 2 is 1.96 bits per heavy atom. The lowest BCUT2D eigenvalue weighted by Gasteiger charge is -2.52. The van der Waals surface area contributed by atoms with Crippen molar-refractivity contribution in [3.63, 3.8) is 0 Å². The maximum absolute atomic E-state index is 9.68. The number of hydrogen-bond acceptors (Lipinski definition) is 4. The summed E-state index contributed by atoms with van der Waals surface area (Å²) in [5.74, 6) is 0. The van der Waals surface area contributed by atoms with E-state index in [1.807, 2.05) is 0 Å². The number of aliphatic hydroxyl groups excluding tert-OH is 1. The zero-order valence-electron chi connectivity index (χ0n) is 15.3. The highest BCUT2D eigenvalue weighted by Crippen LogP contribution is 2.44. The summed E-state index contributed by atoms with van der Waals surface area (Å²) in [7, 11) is 0. The Morgan fingerprint density at radius 3 is 2.62 bits per heavy atom. The number of likely N-dealkylation sites (tertiary alicyclic amines) is 1. The van der Waals surface area contributed by atoms with Gasteiger partial charge in [-0.15, -0.1) is 0 Å². The van der Waals surface area contributed by atoms with E-state index in [2.05, 4.69) is 55.3 Å². The Hall–Kier alpha value is -1.10. The molecule has 1 saturated carbocycles. The van der Waals surface area contributed by atoms with Gasteiger partial charge in [-0.2, -0.15) is 0 Å². The van der Waals surface area contributed by atoms with Crippen molar-refractivity contribution in [3.8, 4) is 0 Å². The van der Waals surface area contributed by atoms with Crippen LogP contribution >= 0.6 is 0 Å². The molecule has 1 aromatic carbocycles. The summed E-state index contributed by atoms with van der Waals surface area (Å²) in [5, 5.41) is 13.4. The number of ether oxygens (including phenoxy) is 1. The molecule has 0 aromatic heterocycles. The molecule has 1 heterocycles. The Balaban J connectivity index is 1.63. The zero-order chi connectivity index (χ0) is 17.2. The van der Waals surface area contributed by atoms with Crippen LogP contribution in [-0.2, 0) is 11.3 Å². The van der Waals surface area contributed by atoms with E-state index in [4.69, 9.17) is 4.74 Å². The summed E-state index contributed by atoms with van der Waals surface area (Å²) in [5.41, 5.74) is 2.76. The average molecular weight is 332 g/mol. The summed E-state index contributed by atoms with van der Waals surface area (Å²) >= 11 is 0. The maximum atomic E-state index is 9.68. The summed E-state index contributed by atoms with van der Waals surface area (Å²) in [4.78, 5) is 2.45. The molecule has 4 nitrogen and oxygen atoms in total. The predicted molar refractivity (Wildman–Crippen MR) is 98.2 cm³/mol. The molecule has 1 aliphatic heterocycles. The average Bonchev–Trinajstić information content (AvgIpc) is 2.57.